The van der Waals surface area contributed by atoms with Gasteiger partial charge < -0.3 is 34.7 Å². The van der Waals surface area contributed by atoms with Gasteiger partial charge in [0, 0.05) is 77.4 Å². The third kappa shape index (κ3) is 9.90. The van der Waals surface area contributed by atoms with Crippen molar-refractivity contribution in [3.8, 4) is 0 Å². The minimum Gasteiger partial charge on any atom is -0.355 e. The number of amides is 2. The van der Waals surface area contributed by atoms with Crippen LogP contribution in [-0.4, -0.2) is 89.6 Å². The van der Waals surface area contributed by atoms with Crippen molar-refractivity contribution in [1.82, 2.24) is 24.7 Å². The molecule has 1 aliphatic heterocycles. The first-order valence-corrected chi connectivity index (χ1v) is 21.3. The molecule has 314 valence electrons. The lowest BCUT2D eigenvalue weighted by molar-refractivity contribution is -0.107. The Morgan fingerprint density at radius 3 is 2.33 bits per heavy atom. The lowest BCUT2D eigenvalue weighted by Gasteiger charge is -2.38. The molecule has 0 spiro atoms. The molecule has 13 heteroatoms. The molecule has 2 N–H and O–H groups in total. The molecule has 6 rings (SSSR count). The van der Waals surface area contributed by atoms with E-state index in [1.54, 1.807) is 56.8 Å². The SMILES string of the molecule is C=CN(/C(=C(\C)c1ccccc1)c1c(C(=O)Nc2cc(C(=O)N(C)C)cnc2N2CCC(N(C)CCCCC=O)CC2)[nH]c2cc(Cl)ccc12)C(C)c1ccc(Cl)cc1Cl. The minimum atomic E-state index is -0.431. The summed E-state index contributed by atoms with van der Waals surface area (Å²) in [6, 6.07) is 22.7. The van der Waals surface area contributed by atoms with E-state index in [0.29, 0.717) is 68.8 Å². The number of hydrogen-bond acceptors (Lipinski definition) is 7. The number of carbonyl (C=O) groups is 3. The van der Waals surface area contributed by atoms with E-state index < -0.39 is 5.91 Å². The number of carbonyl (C=O) groups excluding carboxylic acids is 3. The molecule has 1 fully saturated rings. The van der Waals surface area contributed by atoms with Crippen molar-refractivity contribution in [3.63, 3.8) is 0 Å². The van der Waals surface area contributed by atoms with Crippen molar-refractivity contribution >= 4 is 86.6 Å². The van der Waals surface area contributed by atoms with Crippen LogP contribution in [0.5, 0.6) is 0 Å². The molecule has 2 amide bonds. The largest absolute Gasteiger partial charge is 0.355 e. The second-order valence-corrected chi connectivity index (χ2v) is 16.7. The highest BCUT2D eigenvalue weighted by Gasteiger charge is 2.31. The van der Waals surface area contributed by atoms with Crippen LogP contribution < -0.4 is 10.2 Å². The van der Waals surface area contributed by atoms with E-state index in [4.69, 9.17) is 39.8 Å². The number of hydrogen-bond donors (Lipinski definition) is 2. The summed E-state index contributed by atoms with van der Waals surface area (Å²) in [5.41, 5.74) is 5.71. The summed E-state index contributed by atoms with van der Waals surface area (Å²) >= 11 is 19.7. The summed E-state index contributed by atoms with van der Waals surface area (Å²) < 4.78 is 0. The maximum Gasteiger partial charge on any atom is 0.272 e. The van der Waals surface area contributed by atoms with E-state index in [2.05, 4.69) is 33.7 Å². The van der Waals surface area contributed by atoms with Crippen molar-refractivity contribution in [3.05, 3.63) is 135 Å². The highest BCUT2D eigenvalue weighted by molar-refractivity contribution is 6.35. The number of pyridine rings is 1. The number of H-pyrrole nitrogens is 1. The van der Waals surface area contributed by atoms with Crippen LogP contribution in [0.15, 0.2) is 91.8 Å². The van der Waals surface area contributed by atoms with Crippen LogP contribution in [0.4, 0.5) is 11.5 Å². The third-order valence-corrected chi connectivity index (χ3v) is 12.1. The van der Waals surface area contributed by atoms with Gasteiger partial charge in [0.15, 0.2) is 5.82 Å². The maximum atomic E-state index is 15.1. The number of halogens is 3. The molecular weight excluding hydrogens is 817 g/mol. The van der Waals surface area contributed by atoms with Gasteiger partial charge in [0.2, 0.25) is 0 Å². The Hall–Kier alpha value is -5.13. The van der Waals surface area contributed by atoms with Gasteiger partial charge in [-0.15, -0.1) is 0 Å². The Bertz CT molecular complexity index is 2390. The van der Waals surface area contributed by atoms with Gasteiger partial charge in [0.25, 0.3) is 11.8 Å². The highest BCUT2D eigenvalue weighted by atomic mass is 35.5. The van der Waals surface area contributed by atoms with E-state index in [1.807, 2.05) is 61.2 Å². The van der Waals surface area contributed by atoms with Crippen LogP contribution in [0.25, 0.3) is 22.2 Å². The first-order chi connectivity index (χ1) is 28.8. The lowest BCUT2D eigenvalue weighted by atomic mass is 9.95. The van der Waals surface area contributed by atoms with Gasteiger partial charge in [-0.3, -0.25) is 9.59 Å². The van der Waals surface area contributed by atoms with Crippen molar-refractivity contribution in [2.45, 2.75) is 58.0 Å². The van der Waals surface area contributed by atoms with E-state index in [1.165, 1.54) is 4.90 Å². The molecule has 0 saturated carbocycles. The van der Waals surface area contributed by atoms with Crippen molar-refractivity contribution in [2.75, 3.05) is 51.0 Å². The molecule has 60 heavy (non-hydrogen) atoms. The lowest BCUT2D eigenvalue weighted by Crippen LogP contribution is -2.44. The Kier molecular flexibility index (Phi) is 14.8. The number of allylic oxidation sites excluding steroid dienone is 1. The molecule has 1 atom stereocenters. The molecule has 3 aromatic carbocycles. The molecular formula is C47H52Cl3N7O3. The number of aromatic nitrogens is 2. The zero-order chi connectivity index (χ0) is 43.1. The standard InChI is InChI=1S/C47H52Cl3N7O3/c1-7-57(31(3)37-18-16-34(48)27-39(37)50)44(30(2)32-14-10-8-11-15-32)42-38-19-17-35(49)28-40(38)52-43(42)46(59)53-41-26-33(47(60)54(4)5)29-51-45(41)56-23-20-36(21-24-56)55(6)22-12-9-13-25-58/h7-8,10-11,14-19,25-29,31,36,52H,1,9,12-13,20-24H2,2-6H3,(H,53,59)/b44-30+. The fraction of sp³-hybridized carbons (Fsp3) is 0.319. The summed E-state index contributed by atoms with van der Waals surface area (Å²) in [6.45, 7) is 10.7. The molecule has 3 heterocycles. The maximum absolute atomic E-state index is 15.1. The van der Waals surface area contributed by atoms with Crippen LogP contribution in [0.2, 0.25) is 15.1 Å². The first-order valence-electron chi connectivity index (χ1n) is 20.2. The van der Waals surface area contributed by atoms with Gasteiger partial charge in [0.1, 0.15) is 12.0 Å². The van der Waals surface area contributed by atoms with Gasteiger partial charge in [0.05, 0.1) is 23.0 Å². The second kappa shape index (κ2) is 20.0. The Morgan fingerprint density at radius 2 is 1.67 bits per heavy atom. The number of aromatic amines is 1. The molecule has 1 aliphatic rings. The molecule has 10 nitrogen and oxygen atoms in total. The van der Waals surface area contributed by atoms with Crippen LogP contribution in [0.3, 0.4) is 0 Å². The van der Waals surface area contributed by atoms with Gasteiger partial charge in [-0.1, -0.05) is 83.8 Å². The van der Waals surface area contributed by atoms with Crippen LogP contribution in [0.1, 0.15) is 89.5 Å². The van der Waals surface area contributed by atoms with Gasteiger partial charge in [-0.25, -0.2) is 4.98 Å². The van der Waals surface area contributed by atoms with Crippen LogP contribution in [-0.2, 0) is 4.79 Å². The van der Waals surface area contributed by atoms with Gasteiger partial charge >= 0.3 is 0 Å². The zero-order valence-electron chi connectivity index (χ0n) is 34.8. The van der Waals surface area contributed by atoms with E-state index >= 15 is 4.79 Å². The summed E-state index contributed by atoms with van der Waals surface area (Å²) in [7, 11) is 5.50. The van der Waals surface area contributed by atoms with Crippen molar-refractivity contribution in [2.24, 2.45) is 0 Å². The van der Waals surface area contributed by atoms with Gasteiger partial charge in [-0.05, 0) is 106 Å². The van der Waals surface area contributed by atoms with E-state index in [0.717, 1.165) is 66.3 Å². The monoisotopic (exact) mass is 867 g/mol. The molecule has 1 unspecified atom stereocenters. The predicted molar refractivity (Wildman–Crippen MR) is 247 cm³/mol. The third-order valence-electron chi connectivity index (χ3n) is 11.3. The summed E-state index contributed by atoms with van der Waals surface area (Å²) in [5.74, 6) is -0.0821. The summed E-state index contributed by atoms with van der Waals surface area (Å²) in [6.07, 6.45) is 8.52. The predicted octanol–water partition coefficient (Wildman–Crippen LogP) is 10.8. The van der Waals surface area contributed by atoms with Crippen molar-refractivity contribution < 1.29 is 14.4 Å². The molecule has 2 aromatic heterocycles. The average Bonchev–Trinajstić information content (AvgIpc) is 3.62. The molecule has 0 bridgehead atoms. The number of aldehydes is 1. The number of fused-ring (bicyclic) bond motifs is 1. The fourth-order valence-electron chi connectivity index (χ4n) is 8.01. The smallest absolute Gasteiger partial charge is 0.272 e. The van der Waals surface area contributed by atoms with Crippen LogP contribution in [0, 0.1) is 0 Å². The topological polar surface area (TPSA) is 105 Å². The molecule has 0 aliphatic carbocycles. The van der Waals surface area contributed by atoms with E-state index in [-0.39, 0.29) is 17.6 Å². The number of anilines is 2. The fourth-order valence-corrected chi connectivity index (χ4v) is 8.74. The number of benzene rings is 3. The van der Waals surface area contributed by atoms with Crippen molar-refractivity contribution in [1.29, 1.82) is 0 Å². The Labute approximate surface area is 367 Å². The quantitative estimate of drug-likeness (QED) is 0.0752. The van der Waals surface area contributed by atoms with Crippen LogP contribution >= 0.6 is 34.8 Å². The molecule has 5 aromatic rings. The number of rotatable bonds is 16. The van der Waals surface area contributed by atoms with E-state index in [9.17, 15) is 9.59 Å². The number of nitrogens with zero attached hydrogens (tertiary/aromatic N) is 5. The Balaban J connectivity index is 1.45. The molecule has 0 radical (unpaired) electrons. The Morgan fingerprint density at radius 1 is 0.967 bits per heavy atom. The molecule has 1 saturated heterocycles. The number of piperidine rings is 1. The second-order valence-electron chi connectivity index (χ2n) is 15.4. The zero-order valence-corrected chi connectivity index (χ0v) is 37.0. The minimum absolute atomic E-state index is 0.236. The highest BCUT2D eigenvalue weighted by Crippen LogP contribution is 2.43. The average molecular weight is 869 g/mol. The normalized spacial score (nSPS) is 14.2. The first kappa shape index (κ1) is 44.4. The van der Waals surface area contributed by atoms with Gasteiger partial charge in [-0.2, -0.15) is 0 Å². The number of unbranched alkanes of at least 4 members (excludes halogenated alkanes) is 2. The summed E-state index contributed by atoms with van der Waals surface area (Å²) in [4.78, 5) is 55.5. The summed E-state index contributed by atoms with van der Waals surface area (Å²) in [5, 5.41) is 5.49. The number of nitrogens with one attached hydrogen (secondary N) is 2.